The number of hydrogen-bond donors (Lipinski definition) is 1. The van der Waals surface area contributed by atoms with Gasteiger partial charge < -0.3 is 14.6 Å². The van der Waals surface area contributed by atoms with Crippen molar-refractivity contribution < 1.29 is 14.0 Å². The van der Waals surface area contributed by atoms with Gasteiger partial charge in [0.25, 0.3) is 11.8 Å². The second-order valence-electron chi connectivity index (χ2n) is 7.45. The van der Waals surface area contributed by atoms with Gasteiger partial charge in [-0.1, -0.05) is 42.5 Å². The van der Waals surface area contributed by atoms with Gasteiger partial charge in [-0.05, 0) is 50.2 Å². The van der Waals surface area contributed by atoms with Crippen molar-refractivity contribution in [3.05, 3.63) is 96.2 Å². The minimum atomic E-state index is -0.284. The quantitative estimate of drug-likeness (QED) is 0.398. The largest absolute Gasteiger partial charge is 0.436 e. The Labute approximate surface area is 192 Å². The molecule has 3 aromatic carbocycles. The number of carbonyl (C=O) groups excluding carboxylic acids is 2. The third-order valence-electron chi connectivity index (χ3n) is 5.41. The molecule has 6 heteroatoms. The average Bonchev–Trinajstić information content (AvgIpc) is 3.36. The summed E-state index contributed by atoms with van der Waals surface area (Å²) in [7, 11) is 0. The van der Waals surface area contributed by atoms with Crippen LogP contribution in [0.1, 0.15) is 34.6 Å². The van der Waals surface area contributed by atoms with Crippen molar-refractivity contribution in [3.8, 4) is 22.8 Å². The van der Waals surface area contributed by atoms with E-state index in [-0.39, 0.29) is 11.8 Å². The topological polar surface area (TPSA) is 75.4 Å². The molecular formula is C27H25N3O3. The summed E-state index contributed by atoms with van der Waals surface area (Å²) in [5, 5.41) is 2.90. The molecule has 0 aliphatic heterocycles. The van der Waals surface area contributed by atoms with E-state index in [0.29, 0.717) is 47.1 Å². The van der Waals surface area contributed by atoms with E-state index in [1.165, 1.54) is 0 Å². The van der Waals surface area contributed by atoms with Gasteiger partial charge in [-0.15, -0.1) is 0 Å². The number of anilines is 1. The maximum atomic E-state index is 13.0. The Kier molecular flexibility index (Phi) is 6.64. The number of benzene rings is 3. The smallest absolute Gasteiger partial charge is 0.256 e. The third kappa shape index (κ3) is 4.85. The zero-order valence-electron chi connectivity index (χ0n) is 18.6. The molecule has 0 aliphatic rings. The highest BCUT2D eigenvalue weighted by Crippen LogP contribution is 2.28. The number of rotatable bonds is 7. The molecule has 0 bridgehead atoms. The van der Waals surface area contributed by atoms with E-state index in [4.69, 9.17) is 4.42 Å². The van der Waals surface area contributed by atoms with Gasteiger partial charge in [-0.2, -0.15) is 0 Å². The first kappa shape index (κ1) is 22.0. The third-order valence-corrected chi connectivity index (χ3v) is 5.41. The summed E-state index contributed by atoms with van der Waals surface area (Å²) in [6.45, 7) is 5.20. The fourth-order valence-electron chi connectivity index (χ4n) is 3.59. The van der Waals surface area contributed by atoms with Crippen LogP contribution in [0.5, 0.6) is 0 Å². The number of nitrogens with zero attached hydrogens (tertiary/aromatic N) is 2. The van der Waals surface area contributed by atoms with Crippen LogP contribution in [0.4, 0.5) is 5.69 Å². The van der Waals surface area contributed by atoms with Gasteiger partial charge in [0, 0.05) is 35.5 Å². The molecule has 166 valence electrons. The van der Waals surface area contributed by atoms with E-state index in [2.05, 4.69) is 10.3 Å². The van der Waals surface area contributed by atoms with Crippen LogP contribution in [0.15, 0.2) is 89.5 Å². The molecule has 0 unspecified atom stereocenters. The van der Waals surface area contributed by atoms with Crippen LogP contribution in [0.2, 0.25) is 0 Å². The number of hydrogen-bond acceptors (Lipinski definition) is 4. The predicted octanol–water partition coefficient (Wildman–Crippen LogP) is 5.74. The summed E-state index contributed by atoms with van der Waals surface area (Å²) >= 11 is 0. The summed E-state index contributed by atoms with van der Waals surface area (Å²) in [6, 6.07) is 23.8. The lowest BCUT2D eigenvalue weighted by molar-refractivity contribution is 0.0773. The van der Waals surface area contributed by atoms with Gasteiger partial charge in [0.2, 0.25) is 5.89 Å². The first-order valence-electron chi connectivity index (χ1n) is 10.9. The van der Waals surface area contributed by atoms with E-state index >= 15 is 0 Å². The van der Waals surface area contributed by atoms with Crippen molar-refractivity contribution in [2.75, 3.05) is 18.4 Å². The fourth-order valence-corrected chi connectivity index (χ4v) is 3.59. The van der Waals surface area contributed by atoms with Gasteiger partial charge in [0.05, 0.1) is 11.8 Å². The first-order valence-corrected chi connectivity index (χ1v) is 10.9. The molecule has 0 saturated carbocycles. The lowest BCUT2D eigenvalue weighted by atomic mass is 10.1. The first-order chi connectivity index (χ1) is 16.1. The van der Waals surface area contributed by atoms with Gasteiger partial charge >= 0.3 is 0 Å². The molecule has 1 N–H and O–H groups in total. The van der Waals surface area contributed by atoms with Crippen LogP contribution in [0.3, 0.4) is 0 Å². The van der Waals surface area contributed by atoms with Crippen molar-refractivity contribution in [3.63, 3.8) is 0 Å². The molecule has 4 aromatic rings. The molecule has 4 rings (SSSR count). The van der Waals surface area contributed by atoms with E-state index in [9.17, 15) is 9.59 Å². The van der Waals surface area contributed by atoms with Crippen molar-refractivity contribution in [1.29, 1.82) is 0 Å². The van der Waals surface area contributed by atoms with Crippen LogP contribution in [-0.4, -0.2) is 34.8 Å². The molecule has 0 spiro atoms. The molecule has 0 radical (unpaired) electrons. The molecular weight excluding hydrogens is 414 g/mol. The standard InChI is InChI=1S/C27H25N3O3/c1-3-30(4-2)27(32)20-14-16-21(17-15-20)29-25(31)22-12-8-9-13-23(22)26-28-18-24(33-26)19-10-6-5-7-11-19/h5-18H,3-4H2,1-2H3,(H,29,31). The summed E-state index contributed by atoms with van der Waals surface area (Å²) in [6.07, 6.45) is 1.66. The number of nitrogens with one attached hydrogen (secondary N) is 1. The molecule has 6 nitrogen and oxygen atoms in total. The highest BCUT2D eigenvalue weighted by molar-refractivity contribution is 6.08. The van der Waals surface area contributed by atoms with E-state index in [1.54, 1.807) is 53.6 Å². The van der Waals surface area contributed by atoms with Gasteiger partial charge in [-0.25, -0.2) is 4.98 Å². The van der Waals surface area contributed by atoms with E-state index in [0.717, 1.165) is 5.56 Å². The molecule has 33 heavy (non-hydrogen) atoms. The van der Waals surface area contributed by atoms with Gasteiger partial charge in [0.1, 0.15) is 0 Å². The Balaban J connectivity index is 1.54. The summed E-state index contributed by atoms with van der Waals surface area (Å²) in [4.78, 5) is 31.7. The number of amides is 2. The Morgan fingerprint density at radius 2 is 1.55 bits per heavy atom. The second kappa shape index (κ2) is 9.96. The van der Waals surface area contributed by atoms with Crippen molar-refractivity contribution in [2.24, 2.45) is 0 Å². The van der Waals surface area contributed by atoms with Crippen molar-refractivity contribution >= 4 is 17.5 Å². The molecule has 0 fully saturated rings. The van der Waals surface area contributed by atoms with Crippen LogP contribution < -0.4 is 5.32 Å². The SMILES string of the molecule is CCN(CC)C(=O)c1ccc(NC(=O)c2ccccc2-c2ncc(-c3ccccc3)o2)cc1. The van der Waals surface area contributed by atoms with Crippen molar-refractivity contribution in [2.45, 2.75) is 13.8 Å². The van der Waals surface area contributed by atoms with Gasteiger partial charge in [0.15, 0.2) is 5.76 Å². The molecule has 0 atom stereocenters. The normalized spacial score (nSPS) is 10.6. The molecule has 2 amide bonds. The van der Waals surface area contributed by atoms with Gasteiger partial charge in [-0.3, -0.25) is 9.59 Å². The highest BCUT2D eigenvalue weighted by atomic mass is 16.4. The Morgan fingerprint density at radius 3 is 2.24 bits per heavy atom. The summed E-state index contributed by atoms with van der Waals surface area (Å²) < 4.78 is 5.95. The Hall–Kier alpha value is -4.19. The highest BCUT2D eigenvalue weighted by Gasteiger charge is 2.18. The predicted molar refractivity (Wildman–Crippen MR) is 129 cm³/mol. The monoisotopic (exact) mass is 439 g/mol. The van der Waals surface area contributed by atoms with Crippen LogP contribution >= 0.6 is 0 Å². The zero-order chi connectivity index (χ0) is 23.2. The lowest BCUT2D eigenvalue weighted by Crippen LogP contribution is -2.30. The average molecular weight is 440 g/mol. The van der Waals surface area contributed by atoms with E-state index in [1.807, 2.05) is 50.2 Å². The fraction of sp³-hybridized carbons (Fsp3) is 0.148. The minimum Gasteiger partial charge on any atom is -0.436 e. The van der Waals surface area contributed by atoms with Crippen LogP contribution in [0, 0.1) is 0 Å². The molecule has 1 aromatic heterocycles. The minimum absolute atomic E-state index is 0.0265. The molecule has 0 saturated heterocycles. The summed E-state index contributed by atoms with van der Waals surface area (Å²) in [5.74, 6) is 0.697. The Bertz CT molecular complexity index is 1240. The summed E-state index contributed by atoms with van der Waals surface area (Å²) in [5.41, 5.74) is 3.15. The zero-order valence-corrected chi connectivity index (χ0v) is 18.6. The lowest BCUT2D eigenvalue weighted by Gasteiger charge is -2.18. The second-order valence-corrected chi connectivity index (χ2v) is 7.45. The van der Waals surface area contributed by atoms with E-state index < -0.39 is 0 Å². The number of carbonyl (C=O) groups is 2. The van der Waals surface area contributed by atoms with Crippen LogP contribution in [0.25, 0.3) is 22.8 Å². The van der Waals surface area contributed by atoms with Crippen LogP contribution in [-0.2, 0) is 0 Å². The molecule has 0 aliphatic carbocycles. The molecule has 1 heterocycles. The number of aromatic nitrogens is 1. The maximum absolute atomic E-state index is 13.0. The maximum Gasteiger partial charge on any atom is 0.256 e. The van der Waals surface area contributed by atoms with Crippen molar-refractivity contribution in [1.82, 2.24) is 9.88 Å². The Morgan fingerprint density at radius 1 is 0.879 bits per heavy atom. The number of oxazole rings is 1.